The van der Waals surface area contributed by atoms with Crippen molar-refractivity contribution in [3.05, 3.63) is 0 Å². The maximum Gasteiger partial charge on any atom is 0.00313 e. The minimum Gasteiger partial charge on any atom is -0.0928 e. The molecule has 1 aliphatic carbocycles. The predicted octanol–water partition coefficient (Wildman–Crippen LogP) is 4.52. The van der Waals surface area contributed by atoms with Gasteiger partial charge in [-0.25, -0.2) is 0 Å². The quantitative estimate of drug-likeness (QED) is 0.467. The average molecular weight is 233 g/mol. The first kappa shape index (κ1) is 10.6. The van der Waals surface area contributed by atoms with Crippen LogP contribution in [0.5, 0.6) is 0 Å². The van der Waals surface area contributed by atoms with Crippen LogP contribution in [0.1, 0.15) is 57.8 Å². The van der Waals surface area contributed by atoms with Gasteiger partial charge in [-0.1, -0.05) is 67.3 Å². The number of hydrogen-bond donors (Lipinski definition) is 0. The zero-order chi connectivity index (χ0) is 8.65. The standard InChI is InChI=1S/C11H21Br/c12-10-6-2-1-3-7-11-8-4-5-9-11/h11H,1-10H2. The average Bonchev–Trinajstić information content (AvgIpc) is 2.57. The van der Waals surface area contributed by atoms with Gasteiger partial charge in [0.25, 0.3) is 0 Å². The van der Waals surface area contributed by atoms with E-state index in [2.05, 4.69) is 15.9 Å². The van der Waals surface area contributed by atoms with Crippen molar-refractivity contribution in [3.8, 4) is 0 Å². The largest absolute Gasteiger partial charge is 0.0928 e. The lowest BCUT2D eigenvalue weighted by Gasteiger charge is -2.07. The Morgan fingerprint density at radius 2 is 1.58 bits per heavy atom. The molecule has 72 valence electrons. The number of alkyl halides is 1. The molecule has 0 bridgehead atoms. The Kier molecular flexibility index (Phi) is 6.11. The van der Waals surface area contributed by atoms with Crippen LogP contribution in [-0.4, -0.2) is 5.33 Å². The molecule has 1 aliphatic rings. The second-order valence-corrected chi connectivity index (χ2v) is 4.84. The third kappa shape index (κ3) is 4.49. The van der Waals surface area contributed by atoms with Gasteiger partial charge < -0.3 is 0 Å². The van der Waals surface area contributed by atoms with Crippen molar-refractivity contribution < 1.29 is 0 Å². The lowest BCUT2D eigenvalue weighted by atomic mass is 10.00. The highest BCUT2D eigenvalue weighted by Crippen LogP contribution is 2.29. The molecule has 12 heavy (non-hydrogen) atoms. The van der Waals surface area contributed by atoms with Crippen LogP contribution in [0.4, 0.5) is 0 Å². The van der Waals surface area contributed by atoms with Gasteiger partial charge in [0, 0.05) is 5.33 Å². The van der Waals surface area contributed by atoms with E-state index in [1.165, 1.54) is 63.1 Å². The van der Waals surface area contributed by atoms with E-state index in [-0.39, 0.29) is 0 Å². The molecule has 1 fully saturated rings. The minimum atomic E-state index is 1.11. The summed E-state index contributed by atoms with van der Waals surface area (Å²) in [4.78, 5) is 0. The predicted molar refractivity (Wildman–Crippen MR) is 58.8 cm³/mol. The number of hydrogen-bond acceptors (Lipinski definition) is 0. The summed E-state index contributed by atoms with van der Waals surface area (Å²) in [6.07, 6.45) is 13.3. The molecular weight excluding hydrogens is 212 g/mol. The van der Waals surface area contributed by atoms with Crippen LogP contribution in [0.15, 0.2) is 0 Å². The van der Waals surface area contributed by atoms with Gasteiger partial charge in [0.15, 0.2) is 0 Å². The molecule has 0 nitrogen and oxygen atoms in total. The van der Waals surface area contributed by atoms with Gasteiger partial charge in [0.1, 0.15) is 0 Å². The zero-order valence-electron chi connectivity index (χ0n) is 8.03. The monoisotopic (exact) mass is 232 g/mol. The van der Waals surface area contributed by atoms with Gasteiger partial charge in [0.2, 0.25) is 0 Å². The molecule has 1 rings (SSSR count). The topological polar surface area (TPSA) is 0 Å². The van der Waals surface area contributed by atoms with Gasteiger partial charge >= 0.3 is 0 Å². The first-order valence-electron chi connectivity index (χ1n) is 5.49. The highest BCUT2D eigenvalue weighted by molar-refractivity contribution is 9.09. The molecule has 0 N–H and O–H groups in total. The van der Waals surface area contributed by atoms with Crippen molar-refractivity contribution in [2.75, 3.05) is 5.33 Å². The van der Waals surface area contributed by atoms with E-state index in [0.29, 0.717) is 0 Å². The van der Waals surface area contributed by atoms with E-state index >= 15 is 0 Å². The Morgan fingerprint density at radius 1 is 0.917 bits per heavy atom. The Balaban J connectivity index is 1.81. The summed E-state index contributed by atoms with van der Waals surface area (Å²) in [5.74, 6) is 1.11. The molecule has 0 heterocycles. The summed E-state index contributed by atoms with van der Waals surface area (Å²) in [5.41, 5.74) is 0. The summed E-state index contributed by atoms with van der Waals surface area (Å²) in [6, 6.07) is 0. The summed E-state index contributed by atoms with van der Waals surface area (Å²) < 4.78 is 0. The van der Waals surface area contributed by atoms with Gasteiger partial charge in [-0.3, -0.25) is 0 Å². The Hall–Kier alpha value is 0.480. The fraction of sp³-hybridized carbons (Fsp3) is 1.00. The molecule has 0 amide bonds. The molecule has 0 aromatic heterocycles. The van der Waals surface area contributed by atoms with Gasteiger partial charge in [0.05, 0.1) is 0 Å². The summed E-state index contributed by atoms with van der Waals surface area (Å²) in [6.45, 7) is 0. The van der Waals surface area contributed by atoms with Crippen molar-refractivity contribution in [3.63, 3.8) is 0 Å². The molecule has 0 atom stereocenters. The number of rotatable bonds is 6. The van der Waals surface area contributed by atoms with E-state index < -0.39 is 0 Å². The smallest absolute Gasteiger partial charge is 0.00313 e. The molecule has 0 saturated heterocycles. The minimum absolute atomic E-state index is 1.11. The highest BCUT2D eigenvalue weighted by atomic mass is 79.9. The summed E-state index contributed by atoms with van der Waals surface area (Å²) in [7, 11) is 0. The van der Waals surface area contributed by atoms with E-state index in [1.54, 1.807) is 0 Å². The highest BCUT2D eigenvalue weighted by Gasteiger charge is 2.13. The van der Waals surface area contributed by atoms with Crippen molar-refractivity contribution in [1.29, 1.82) is 0 Å². The van der Waals surface area contributed by atoms with Gasteiger partial charge in [-0.2, -0.15) is 0 Å². The van der Waals surface area contributed by atoms with Crippen LogP contribution in [-0.2, 0) is 0 Å². The molecule has 1 heteroatoms. The van der Waals surface area contributed by atoms with Crippen molar-refractivity contribution in [2.24, 2.45) is 5.92 Å². The molecule has 0 aromatic carbocycles. The maximum atomic E-state index is 3.47. The third-order valence-electron chi connectivity index (χ3n) is 2.97. The van der Waals surface area contributed by atoms with Crippen LogP contribution in [0.3, 0.4) is 0 Å². The van der Waals surface area contributed by atoms with Crippen LogP contribution in [0, 0.1) is 5.92 Å². The van der Waals surface area contributed by atoms with Crippen molar-refractivity contribution >= 4 is 15.9 Å². The van der Waals surface area contributed by atoms with Crippen molar-refractivity contribution in [2.45, 2.75) is 57.8 Å². The van der Waals surface area contributed by atoms with Crippen LogP contribution in [0.2, 0.25) is 0 Å². The fourth-order valence-corrected chi connectivity index (χ4v) is 2.58. The van der Waals surface area contributed by atoms with Crippen LogP contribution >= 0.6 is 15.9 Å². The molecule has 0 radical (unpaired) electrons. The normalized spacial score (nSPS) is 18.8. The first-order chi connectivity index (χ1) is 5.93. The van der Waals surface area contributed by atoms with Gasteiger partial charge in [-0.15, -0.1) is 0 Å². The van der Waals surface area contributed by atoms with Crippen LogP contribution in [0.25, 0.3) is 0 Å². The number of unbranched alkanes of at least 4 members (excludes halogenated alkanes) is 3. The summed E-state index contributed by atoms with van der Waals surface area (Å²) >= 11 is 3.47. The second kappa shape index (κ2) is 6.94. The van der Waals surface area contributed by atoms with Crippen molar-refractivity contribution in [1.82, 2.24) is 0 Å². The maximum absolute atomic E-state index is 3.47. The number of halogens is 1. The third-order valence-corrected chi connectivity index (χ3v) is 3.53. The van der Waals surface area contributed by atoms with E-state index in [1.807, 2.05) is 0 Å². The Bertz CT molecular complexity index is 95.2. The lowest BCUT2D eigenvalue weighted by Crippen LogP contribution is -1.92. The SMILES string of the molecule is BrCCCCCCC1CCCC1. The first-order valence-corrected chi connectivity index (χ1v) is 6.61. The zero-order valence-corrected chi connectivity index (χ0v) is 9.61. The van der Waals surface area contributed by atoms with E-state index in [9.17, 15) is 0 Å². The van der Waals surface area contributed by atoms with Gasteiger partial charge in [-0.05, 0) is 12.3 Å². The van der Waals surface area contributed by atoms with E-state index in [0.717, 1.165) is 5.92 Å². The fourth-order valence-electron chi connectivity index (χ4n) is 2.18. The summed E-state index contributed by atoms with van der Waals surface area (Å²) in [5, 5.41) is 1.19. The molecule has 0 unspecified atom stereocenters. The van der Waals surface area contributed by atoms with E-state index in [4.69, 9.17) is 0 Å². The lowest BCUT2D eigenvalue weighted by molar-refractivity contribution is 0.467. The molecule has 0 aromatic rings. The molecular formula is C11H21Br. The Morgan fingerprint density at radius 3 is 2.25 bits per heavy atom. The molecule has 0 spiro atoms. The van der Waals surface area contributed by atoms with Crippen LogP contribution < -0.4 is 0 Å². The Labute approximate surface area is 85.3 Å². The molecule has 0 aliphatic heterocycles. The molecule has 1 saturated carbocycles. The second-order valence-electron chi connectivity index (χ2n) is 4.04.